The SMILES string of the molecule is COc1ccc(-c2nc(C(=O)N3CCN(c4ncc(F)c(N)n4)CC3)c([C@H](C)N)o2)c2ccc(C(F)(F)F)nc12. The topological polar surface area (TPSA) is 150 Å². The average Bonchev–Trinajstić information content (AvgIpc) is 3.38. The fourth-order valence-corrected chi connectivity index (χ4v) is 4.39. The summed E-state index contributed by atoms with van der Waals surface area (Å²) in [5.41, 5.74) is 10.8. The molecule has 1 saturated heterocycles. The maximum atomic E-state index is 13.5. The lowest BCUT2D eigenvalue weighted by molar-refractivity contribution is -0.140. The van der Waals surface area contributed by atoms with E-state index in [0.717, 1.165) is 12.3 Å². The summed E-state index contributed by atoms with van der Waals surface area (Å²) in [5.74, 6) is -0.916. The minimum atomic E-state index is -4.65. The summed E-state index contributed by atoms with van der Waals surface area (Å²) in [5, 5.41) is 0.288. The number of methoxy groups -OCH3 is 1. The van der Waals surface area contributed by atoms with E-state index in [1.165, 1.54) is 19.2 Å². The molecule has 0 radical (unpaired) electrons. The Kier molecular flexibility index (Phi) is 6.91. The number of benzene rings is 1. The molecule has 1 aliphatic heterocycles. The molecule has 0 aliphatic carbocycles. The van der Waals surface area contributed by atoms with Gasteiger partial charge in [0.1, 0.15) is 17.0 Å². The molecule has 1 atom stereocenters. The van der Waals surface area contributed by atoms with Crippen molar-refractivity contribution in [1.82, 2.24) is 24.8 Å². The number of fused-ring (bicyclic) bond motifs is 1. The third kappa shape index (κ3) is 4.95. The van der Waals surface area contributed by atoms with E-state index in [2.05, 4.69) is 19.9 Å². The van der Waals surface area contributed by atoms with Crippen molar-refractivity contribution < 1.29 is 31.5 Å². The molecule has 1 fully saturated rings. The Morgan fingerprint density at radius 1 is 1.10 bits per heavy atom. The minimum Gasteiger partial charge on any atom is -0.494 e. The highest BCUT2D eigenvalue weighted by Gasteiger charge is 2.34. The van der Waals surface area contributed by atoms with E-state index in [9.17, 15) is 22.4 Å². The Morgan fingerprint density at radius 3 is 2.45 bits per heavy atom. The number of alkyl halides is 3. The van der Waals surface area contributed by atoms with Crippen molar-refractivity contribution >= 4 is 28.6 Å². The largest absolute Gasteiger partial charge is 0.494 e. The van der Waals surface area contributed by atoms with Crippen molar-refractivity contribution in [2.75, 3.05) is 43.9 Å². The second kappa shape index (κ2) is 10.2. The number of hydrogen-bond donors (Lipinski definition) is 2. The highest BCUT2D eigenvalue weighted by molar-refractivity contribution is 5.98. The van der Waals surface area contributed by atoms with Gasteiger partial charge in [0.25, 0.3) is 5.91 Å². The van der Waals surface area contributed by atoms with Crippen LogP contribution in [0.4, 0.5) is 29.3 Å². The van der Waals surface area contributed by atoms with Crippen LogP contribution in [0.5, 0.6) is 5.75 Å². The van der Waals surface area contributed by atoms with Crippen LogP contribution in [0, 0.1) is 5.82 Å². The number of nitrogens with two attached hydrogens (primary N) is 2. The van der Waals surface area contributed by atoms with E-state index < -0.39 is 29.6 Å². The van der Waals surface area contributed by atoms with Crippen LogP contribution in [0.1, 0.15) is 34.9 Å². The average molecular weight is 561 g/mol. The normalized spacial score (nSPS) is 15.0. The Balaban J connectivity index is 1.45. The number of carbonyl (C=O) groups excluding carboxylic acids is 1. The summed E-state index contributed by atoms with van der Waals surface area (Å²) in [6.45, 7) is 2.88. The maximum absolute atomic E-state index is 13.5. The minimum absolute atomic E-state index is 0.00122. The molecule has 1 amide bonds. The number of amides is 1. The van der Waals surface area contributed by atoms with Crippen molar-refractivity contribution in [3.05, 3.63) is 53.4 Å². The van der Waals surface area contributed by atoms with E-state index in [-0.39, 0.29) is 58.9 Å². The van der Waals surface area contributed by atoms with E-state index in [4.69, 9.17) is 20.6 Å². The summed E-state index contributed by atoms with van der Waals surface area (Å²) in [6.07, 6.45) is -3.66. The van der Waals surface area contributed by atoms with Gasteiger partial charge >= 0.3 is 6.18 Å². The quantitative estimate of drug-likeness (QED) is 0.348. The first-order valence-corrected chi connectivity index (χ1v) is 12.1. The Bertz CT molecular complexity index is 1580. The molecule has 0 saturated carbocycles. The van der Waals surface area contributed by atoms with Crippen LogP contribution in [-0.4, -0.2) is 64.0 Å². The molecule has 1 aliphatic rings. The molecule has 4 aromatic rings. The number of anilines is 2. The molecule has 3 aromatic heterocycles. The van der Waals surface area contributed by atoms with Gasteiger partial charge in [-0.3, -0.25) is 4.79 Å². The third-order valence-electron chi connectivity index (χ3n) is 6.44. The zero-order chi connectivity index (χ0) is 28.8. The highest BCUT2D eigenvalue weighted by Crippen LogP contribution is 2.37. The summed E-state index contributed by atoms with van der Waals surface area (Å²) in [6, 6.07) is 4.41. The van der Waals surface area contributed by atoms with Crippen LogP contribution in [0.25, 0.3) is 22.4 Å². The third-order valence-corrected chi connectivity index (χ3v) is 6.44. The molecule has 0 unspecified atom stereocenters. The smallest absolute Gasteiger partial charge is 0.433 e. The fourth-order valence-electron chi connectivity index (χ4n) is 4.39. The first-order chi connectivity index (χ1) is 19.0. The summed E-state index contributed by atoms with van der Waals surface area (Å²) in [7, 11) is 1.32. The second-order valence-electron chi connectivity index (χ2n) is 9.11. The summed E-state index contributed by atoms with van der Waals surface area (Å²) < 4.78 is 64.5. The van der Waals surface area contributed by atoms with Gasteiger partial charge in [0.05, 0.1) is 19.3 Å². The van der Waals surface area contributed by atoms with Gasteiger partial charge in [-0.15, -0.1) is 0 Å². The number of carbonyl (C=O) groups is 1. The lowest BCUT2D eigenvalue weighted by Gasteiger charge is -2.34. The number of nitrogen functional groups attached to an aromatic ring is 1. The van der Waals surface area contributed by atoms with Crippen LogP contribution in [0.15, 0.2) is 34.9 Å². The van der Waals surface area contributed by atoms with E-state index in [1.807, 2.05) is 0 Å². The van der Waals surface area contributed by atoms with Gasteiger partial charge in [0, 0.05) is 37.1 Å². The van der Waals surface area contributed by atoms with E-state index >= 15 is 0 Å². The Morgan fingerprint density at radius 2 is 1.82 bits per heavy atom. The number of ether oxygens (including phenoxy) is 1. The molecule has 1 aromatic carbocycles. The van der Waals surface area contributed by atoms with Gasteiger partial charge in [0.2, 0.25) is 11.8 Å². The van der Waals surface area contributed by atoms with Crippen LogP contribution in [0.2, 0.25) is 0 Å². The van der Waals surface area contributed by atoms with E-state index in [1.54, 1.807) is 22.8 Å². The van der Waals surface area contributed by atoms with Crippen LogP contribution >= 0.6 is 0 Å². The van der Waals surface area contributed by atoms with Gasteiger partial charge in [0.15, 0.2) is 23.1 Å². The lowest BCUT2D eigenvalue weighted by atomic mass is 10.1. The van der Waals surface area contributed by atoms with Crippen molar-refractivity contribution in [3.63, 3.8) is 0 Å². The van der Waals surface area contributed by atoms with Gasteiger partial charge < -0.3 is 30.4 Å². The number of oxazole rings is 1. The predicted molar refractivity (Wildman–Crippen MR) is 136 cm³/mol. The van der Waals surface area contributed by atoms with Gasteiger partial charge in [-0.25, -0.2) is 19.3 Å². The zero-order valence-electron chi connectivity index (χ0n) is 21.4. The first-order valence-electron chi connectivity index (χ1n) is 12.1. The highest BCUT2D eigenvalue weighted by atomic mass is 19.4. The van der Waals surface area contributed by atoms with Crippen molar-refractivity contribution in [1.29, 1.82) is 0 Å². The molecule has 0 bridgehead atoms. The van der Waals surface area contributed by atoms with E-state index in [0.29, 0.717) is 18.7 Å². The monoisotopic (exact) mass is 560 g/mol. The predicted octanol–water partition coefficient (Wildman–Crippen LogP) is 3.41. The molecule has 210 valence electrons. The van der Waals surface area contributed by atoms with Crippen molar-refractivity contribution in [2.45, 2.75) is 19.1 Å². The van der Waals surface area contributed by atoms with Gasteiger partial charge in [-0.05, 0) is 31.2 Å². The number of piperazine rings is 1. The number of pyridine rings is 1. The zero-order valence-corrected chi connectivity index (χ0v) is 21.4. The molecule has 40 heavy (non-hydrogen) atoms. The Hall–Kier alpha value is -4.53. The molecule has 11 nitrogen and oxygen atoms in total. The first kappa shape index (κ1) is 27.1. The molecule has 4 N–H and O–H groups in total. The second-order valence-corrected chi connectivity index (χ2v) is 9.11. The van der Waals surface area contributed by atoms with Crippen LogP contribution < -0.4 is 21.1 Å². The lowest BCUT2D eigenvalue weighted by Crippen LogP contribution is -2.49. The van der Waals surface area contributed by atoms with Crippen molar-refractivity contribution in [2.24, 2.45) is 5.73 Å². The molecule has 0 spiro atoms. The number of rotatable bonds is 5. The number of halogens is 4. The Labute approximate surface area is 224 Å². The van der Waals surface area contributed by atoms with Gasteiger partial charge in [-0.1, -0.05) is 0 Å². The molecule has 4 heterocycles. The summed E-state index contributed by atoms with van der Waals surface area (Å²) in [4.78, 5) is 32.9. The molecular weight excluding hydrogens is 536 g/mol. The molecular formula is C25H24F4N8O3. The van der Waals surface area contributed by atoms with Gasteiger partial charge in [-0.2, -0.15) is 18.2 Å². The number of hydrogen-bond acceptors (Lipinski definition) is 10. The number of aromatic nitrogens is 4. The van der Waals surface area contributed by atoms with Crippen LogP contribution in [-0.2, 0) is 6.18 Å². The molecule has 5 rings (SSSR count). The number of nitrogens with zero attached hydrogens (tertiary/aromatic N) is 6. The van der Waals surface area contributed by atoms with Crippen molar-refractivity contribution in [3.8, 4) is 17.2 Å². The standard InChI is InChI=1S/C25H24F4N8O3/c1-12(30)20-19(23(38)36-7-9-37(10-8-36)24-32-11-15(26)21(31)35-24)34-22(40-20)14-3-5-16(39-2)18-13(14)4-6-17(33-18)25(27,28)29/h3-6,11-12H,7-10,30H2,1-2H3,(H2,31,32,35)/t12-/m0/s1. The maximum Gasteiger partial charge on any atom is 0.433 e. The summed E-state index contributed by atoms with van der Waals surface area (Å²) >= 11 is 0. The fraction of sp³-hybridized carbons (Fsp3) is 0.320. The van der Waals surface area contributed by atoms with Crippen LogP contribution in [0.3, 0.4) is 0 Å². The molecule has 15 heteroatoms.